The molecule has 1 aromatic rings. The van der Waals surface area contributed by atoms with E-state index in [-0.39, 0.29) is 36.7 Å². The van der Waals surface area contributed by atoms with Gasteiger partial charge in [0.05, 0.1) is 0 Å². The molecule has 1 aromatic heterocycles. The van der Waals surface area contributed by atoms with Crippen molar-refractivity contribution in [3.05, 3.63) is 56.3 Å². The van der Waals surface area contributed by atoms with Crippen LogP contribution in [0.2, 0.25) is 0 Å². The number of hydrogen-bond donors (Lipinski definition) is 1. The van der Waals surface area contributed by atoms with Crippen LogP contribution in [0, 0.1) is 0 Å². The summed E-state index contributed by atoms with van der Waals surface area (Å²) >= 11 is 0. The van der Waals surface area contributed by atoms with Gasteiger partial charge in [0.1, 0.15) is 11.1 Å². The lowest BCUT2D eigenvalue weighted by atomic mass is 10.1. The van der Waals surface area contributed by atoms with Gasteiger partial charge in [-0.2, -0.15) is 0 Å². The fourth-order valence-corrected chi connectivity index (χ4v) is 4.13. The predicted molar refractivity (Wildman–Crippen MR) is 151 cm³/mol. The van der Waals surface area contributed by atoms with Crippen LogP contribution in [0.4, 0.5) is 4.79 Å². The highest BCUT2D eigenvalue weighted by Gasteiger charge is 2.40. The monoisotopic (exact) mass is 542 g/mol. The number of aromatic nitrogens is 2. The van der Waals surface area contributed by atoms with Crippen molar-refractivity contribution in [3.8, 4) is 5.88 Å². The van der Waals surface area contributed by atoms with Gasteiger partial charge in [0.15, 0.2) is 0 Å². The van der Waals surface area contributed by atoms with Crippen LogP contribution in [0.5, 0.6) is 5.88 Å². The van der Waals surface area contributed by atoms with Gasteiger partial charge in [0, 0.05) is 26.2 Å². The Bertz CT molecular complexity index is 1210. The van der Waals surface area contributed by atoms with Crippen molar-refractivity contribution in [2.75, 3.05) is 13.1 Å². The van der Waals surface area contributed by atoms with E-state index < -0.39 is 29.1 Å². The van der Waals surface area contributed by atoms with E-state index in [0.29, 0.717) is 32.2 Å². The Hall–Kier alpha value is -3.69. The van der Waals surface area contributed by atoms with Crippen LogP contribution in [0.25, 0.3) is 6.08 Å². The van der Waals surface area contributed by atoms with E-state index in [1.165, 1.54) is 34.9 Å². The Morgan fingerprint density at radius 3 is 1.64 bits per heavy atom. The highest BCUT2D eigenvalue weighted by atomic mass is 16.3. The van der Waals surface area contributed by atoms with Crippen molar-refractivity contribution in [2.24, 2.45) is 0 Å². The second-order valence-corrected chi connectivity index (χ2v) is 9.56. The van der Waals surface area contributed by atoms with Crippen molar-refractivity contribution in [1.82, 2.24) is 18.9 Å². The zero-order valence-electron chi connectivity index (χ0n) is 23.6. The number of unbranched alkanes of at least 4 members (excludes halogenated alkanes) is 4. The van der Waals surface area contributed by atoms with E-state index in [9.17, 15) is 29.1 Å². The highest BCUT2D eigenvalue weighted by molar-refractivity contribution is 6.28. The standard InChI is InChI=1S/C29H42N4O6/c1-5-9-18-30-24(34)22(25(35)31(28(30)38)19-10-6-2)16-14-13-15-17-23-26(36)32(20-11-7-3)29(39)33(27(23)37)21-12-8-4/h13-17,34H,5-12,18-21H2,1-4H3. The molecule has 0 bridgehead atoms. The van der Waals surface area contributed by atoms with Crippen molar-refractivity contribution in [3.63, 3.8) is 0 Å². The molecule has 1 fully saturated rings. The first kappa shape index (κ1) is 31.5. The number of rotatable bonds is 15. The number of hydrogen-bond acceptors (Lipinski definition) is 6. The number of imide groups is 2. The second-order valence-electron chi connectivity index (χ2n) is 9.56. The van der Waals surface area contributed by atoms with Gasteiger partial charge < -0.3 is 5.11 Å². The molecule has 0 aliphatic carbocycles. The van der Waals surface area contributed by atoms with Gasteiger partial charge >= 0.3 is 11.7 Å². The van der Waals surface area contributed by atoms with Crippen LogP contribution >= 0.6 is 0 Å². The molecular weight excluding hydrogens is 500 g/mol. The van der Waals surface area contributed by atoms with Gasteiger partial charge in [-0.1, -0.05) is 71.6 Å². The SMILES string of the molecule is CCCCN1C(=O)C(=CC=CC=Cc2c(O)n(CCCC)c(=O)n(CCCC)c2=O)C(=O)N(CCCC)C1=O. The normalized spacial score (nSPS) is 14.5. The Labute approximate surface area is 229 Å². The number of nitrogens with zero attached hydrogens (tertiary/aromatic N) is 4. The third-order valence-electron chi connectivity index (χ3n) is 6.54. The summed E-state index contributed by atoms with van der Waals surface area (Å²) in [4.78, 5) is 66.7. The number of barbiturate groups is 1. The largest absolute Gasteiger partial charge is 0.494 e. The molecule has 1 N–H and O–H groups in total. The Kier molecular flexibility index (Phi) is 12.7. The number of carbonyl (C=O) groups is 3. The van der Waals surface area contributed by atoms with Gasteiger partial charge in [-0.05, 0) is 37.8 Å². The molecule has 2 heterocycles. The molecule has 0 spiro atoms. The maximum absolute atomic E-state index is 13.0. The van der Waals surface area contributed by atoms with Crippen molar-refractivity contribution in [1.29, 1.82) is 0 Å². The summed E-state index contributed by atoms with van der Waals surface area (Å²) in [6, 6.07) is -0.582. The molecule has 214 valence electrons. The lowest BCUT2D eigenvalue weighted by Crippen LogP contribution is -2.56. The molecule has 0 aromatic carbocycles. The summed E-state index contributed by atoms with van der Waals surface area (Å²) in [5.74, 6) is -1.64. The van der Waals surface area contributed by atoms with E-state index in [1.54, 1.807) is 0 Å². The number of amides is 4. The molecule has 2 rings (SSSR count). The predicted octanol–water partition coefficient (Wildman–Crippen LogP) is 4.20. The first-order chi connectivity index (χ1) is 18.7. The first-order valence-corrected chi connectivity index (χ1v) is 14.0. The van der Waals surface area contributed by atoms with E-state index in [4.69, 9.17) is 0 Å². The third-order valence-corrected chi connectivity index (χ3v) is 6.54. The lowest BCUT2D eigenvalue weighted by Gasteiger charge is -2.33. The maximum Gasteiger partial charge on any atom is 0.333 e. The van der Waals surface area contributed by atoms with Gasteiger partial charge in [-0.3, -0.25) is 33.3 Å². The minimum Gasteiger partial charge on any atom is -0.494 e. The highest BCUT2D eigenvalue weighted by Crippen LogP contribution is 2.19. The molecule has 0 radical (unpaired) electrons. The minimum atomic E-state index is -0.626. The fraction of sp³-hybridized carbons (Fsp3) is 0.552. The van der Waals surface area contributed by atoms with Crippen LogP contribution < -0.4 is 11.2 Å². The summed E-state index contributed by atoms with van der Waals surface area (Å²) in [6.45, 7) is 8.88. The van der Waals surface area contributed by atoms with Crippen molar-refractivity contribution in [2.45, 2.75) is 92.2 Å². The molecule has 39 heavy (non-hydrogen) atoms. The fourth-order valence-electron chi connectivity index (χ4n) is 4.13. The molecule has 1 aliphatic heterocycles. The molecule has 0 saturated carbocycles. The van der Waals surface area contributed by atoms with E-state index in [1.807, 2.05) is 27.7 Å². The van der Waals surface area contributed by atoms with Crippen molar-refractivity contribution < 1.29 is 19.5 Å². The Morgan fingerprint density at radius 1 is 0.641 bits per heavy atom. The van der Waals surface area contributed by atoms with Gasteiger partial charge in [0.2, 0.25) is 5.88 Å². The van der Waals surface area contributed by atoms with E-state index >= 15 is 0 Å². The molecule has 10 heteroatoms. The smallest absolute Gasteiger partial charge is 0.333 e. The zero-order valence-corrected chi connectivity index (χ0v) is 23.6. The average molecular weight is 543 g/mol. The zero-order chi connectivity index (χ0) is 28.9. The molecule has 0 unspecified atom stereocenters. The van der Waals surface area contributed by atoms with Gasteiger partial charge in [-0.15, -0.1) is 0 Å². The third kappa shape index (κ3) is 7.68. The average Bonchev–Trinajstić information content (AvgIpc) is 2.91. The molecular formula is C29H42N4O6. The molecule has 4 amide bonds. The number of allylic oxidation sites excluding steroid dienone is 4. The number of urea groups is 1. The topological polar surface area (TPSA) is 122 Å². The molecule has 1 aliphatic rings. The van der Waals surface area contributed by atoms with Crippen LogP contribution in [0.1, 0.15) is 84.6 Å². The summed E-state index contributed by atoms with van der Waals surface area (Å²) in [5.41, 5.74) is -1.22. The molecule has 0 atom stereocenters. The van der Waals surface area contributed by atoms with Crippen LogP contribution in [-0.2, 0) is 22.7 Å². The van der Waals surface area contributed by atoms with Crippen LogP contribution in [0.3, 0.4) is 0 Å². The van der Waals surface area contributed by atoms with Crippen LogP contribution in [-0.4, -0.2) is 55.0 Å². The van der Waals surface area contributed by atoms with Crippen LogP contribution in [0.15, 0.2) is 39.5 Å². The number of carbonyl (C=O) groups excluding carboxylic acids is 3. The molecule has 10 nitrogen and oxygen atoms in total. The second kappa shape index (κ2) is 15.7. The summed E-state index contributed by atoms with van der Waals surface area (Å²) < 4.78 is 2.37. The maximum atomic E-state index is 13.0. The Balaban J connectivity index is 2.39. The summed E-state index contributed by atoms with van der Waals surface area (Å²) in [6.07, 6.45) is 13.1. The van der Waals surface area contributed by atoms with Gasteiger partial charge in [-0.25, -0.2) is 9.59 Å². The quantitative estimate of drug-likeness (QED) is 0.201. The van der Waals surface area contributed by atoms with Gasteiger partial charge in [0.25, 0.3) is 17.4 Å². The molecule has 1 saturated heterocycles. The number of aromatic hydroxyl groups is 1. The first-order valence-electron chi connectivity index (χ1n) is 14.0. The minimum absolute atomic E-state index is 0.00833. The van der Waals surface area contributed by atoms with E-state index in [0.717, 1.165) is 40.1 Å². The Morgan fingerprint density at radius 2 is 1.13 bits per heavy atom. The summed E-state index contributed by atoms with van der Waals surface area (Å²) in [5, 5.41) is 10.7. The summed E-state index contributed by atoms with van der Waals surface area (Å²) in [7, 11) is 0. The van der Waals surface area contributed by atoms with Crippen molar-refractivity contribution >= 4 is 23.9 Å². The lowest BCUT2D eigenvalue weighted by molar-refractivity contribution is -0.136. The van der Waals surface area contributed by atoms with E-state index in [2.05, 4.69) is 0 Å².